The normalized spacial score (nSPS) is 12.9. The first-order chi connectivity index (χ1) is 17.2. The lowest BCUT2D eigenvalue weighted by molar-refractivity contribution is 0.101. The molecule has 6 rings (SSSR count). The quantitative estimate of drug-likeness (QED) is 0.305. The van der Waals surface area contributed by atoms with Crippen LogP contribution in [-0.4, -0.2) is 21.2 Å². The predicted molar refractivity (Wildman–Crippen MR) is 134 cm³/mol. The SMILES string of the molecule is Cc1ccc(-c2noc(-c3c(NC(=O)c4cc(-c5ccccc5)on4)sc4c3CCCC4)n2)cc1. The molecular weight excluding hydrogens is 460 g/mol. The second-order valence-corrected chi connectivity index (χ2v) is 9.71. The fourth-order valence-electron chi connectivity index (χ4n) is 4.31. The molecule has 0 aliphatic heterocycles. The first-order valence-electron chi connectivity index (χ1n) is 11.5. The van der Waals surface area contributed by atoms with Crippen molar-refractivity contribution in [2.75, 3.05) is 5.32 Å². The summed E-state index contributed by atoms with van der Waals surface area (Å²) in [5.41, 5.74) is 5.12. The lowest BCUT2D eigenvalue weighted by Crippen LogP contribution is -2.12. The van der Waals surface area contributed by atoms with Gasteiger partial charge in [-0.15, -0.1) is 11.3 Å². The van der Waals surface area contributed by atoms with Crippen LogP contribution in [-0.2, 0) is 12.8 Å². The van der Waals surface area contributed by atoms with Gasteiger partial charge in [-0.05, 0) is 38.2 Å². The third-order valence-corrected chi connectivity index (χ3v) is 7.36. The highest BCUT2D eigenvalue weighted by Crippen LogP contribution is 2.44. The Morgan fingerprint density at radius 1 is 0.943 bits per heavy atom. The van der Waals surface area contributed by atoms with E-state index in [1.807, 2.05) is 61.5 Å². The lowest BCUT2D eigenvalue weighted by atomic mass is 9.95. The van der Waals surface area contributed by atoms with Crippen molar-refractivity contribution in [2.24, 2.45) is 0 Å². The van der Waals surface area contributed by atoms with Crippen LogP contribution in [0.5, 0.6) is 0 Å². The molecule has 174 valence electrons. The van der Waals surface area contributed by atoms with Gasteiger partial charge < -0.3 is 14.4 Å². The van der Waals surface area contributed by atoms with Crippen LogP contribution in [0.4, 0.5) is 5.00 Å². The lowest BCUT2D eigenvalue weighted by Gasteiger charge is -2.11. The number of carbonyl (C=O) groups is 1. The molecule has 0 saturated carbocycles. The van der Waals surface area contributed by atoms with Crippen LogP contribution in [0, 0.1) is 6.92 Å². The molecule has 2 aromatic carbocycles. The van der Waals surface area contributed by atoms with Gasteiger partial charge in [-0.2, -0.15) is 4.98 Å². The molecule has 7 nitrogen and oxygen atoms in total. The Balaban J connectivity index is 1.33. The number of amides is 1. The maximum absolute atomic E-state index is 13.1. The zero-order valence-corrected chi connectivity index (χ0v) is 19.9. The van der Waals surface area contributed by atoms with E-state index in [-0.39, 0.29) is 11.6 Å². The van der Waals surface area contributed by atoms with Gasteiger partial charge in [-0.25, -0.2) is 0 Å². The second kappa shape index (κ2) is 8.96. The molecule has 3 heterocycles. The third kappa shape index (κ3) is 4.17. The van der Waals surface area contributed by atoms with Gasteiger partial charge in [0.05, 0.1) is 5.56 Å². The van der Waals surface area contributed by atoms with E-state index < -0.39 is 0 Å². The number of thiophene rings is 1. The third-order valence-electron chi connectivity index (χ3n) is 6.15. The number of benzene rings is 2. The number of hydrogen-bond donors (Lipinski definition) is 1. The number of aryl methyl sites for hydroxylation is 2. The number of carbonyl (C=O) groups excluding carboxylic acids is 1. The first kappa shape index (κ1) is 21.5. The summed E-state index contributed by atoms with van der Waals surface area (Å²) >= 11 is 1.57. The molecule has 1 aliphatic rings. The maximum atomic E-state index is 13.1. The van der Waals surface area contributed by atoms with Crippen LogP contribution < -0.4 is 5.32 Å². The Bertz CT molecular complexity index is 1500. The van der Waals surface area contributed by atoms with Crippen molar-refractivity contribution in [3.05, 3.63) is 82.4 Å². The van der Waals surface area contributed by atoms with Crippen LogP contribution in [0.25, 0.3) is 34.2 Å². The molecule has 1 aliphatic carbocycles. The smallest absolute Gasteiger partial charge is 0.278 e. The molecule has 0 unspecified atom stereocenters. The van der Waals surface area contributed by atoms with Crippen LogP contribution in [0.1, 0.15) is 39.3 Å². The minimum atomic E-state index is -0.339. The van der Waals surface area contributed by atoms with Gasteiger partial charge in [0.1, 0.15) is 5.00 Å². The van der Waals surface area contributed by atoms with Crippen molar-refractivity contribution in [3.8, 4) is 34.2 Å². The van der Waals surface area contributed by atoms with Crippen LogP contribution in [0.2, 0.25) is 0 Å². The number of hydrogen-bond acceptors (Lipinski definition) is 7. The molecule has 0 radical (unpaired) electrons. The van der Waals surface area contributed by atoms with Crippen molar-refractivity contribution >= 4 is 22.2 Å². The molecule has 5 aromatic rings. The molecule has 1 N–H and O–H groups in total. The first-order valence-corrected chi connectivity index (χ1v) is 12.4. The molecule has 3 aromatic heterocycles. The summed E-state index contributed by atoms with van der Waals surface area (Å²) in [7, 11) is 0. The van der Waals surface area contributed by atoms with E-state index in [9.17, 15) is 4.79 Å². The van der Waals surface area contributed by atoms with Crippen LogP contribution in [0.3, 0.4) is 0 Å². The highest BCUT2D eigenvalue weighted by atomic mass is 32.1. The van der Waals surface area contributed by atoms with Crippen molar-refractivity contribution in [3.63, 3.8) is 0 Å². The fraction of sp³-hybridized carbons (Fsp3) is 0.185. The second-order valence-electron chi connectivity index (χ2n) is 8.60. The minimum Gasteiger partial charge on any atom is -0.355 e. The van der Waals surface area contributed by atoms with Gasteiger partial charge in [0.2, 0.25) is 5.82 Å². The van der Waals surface area contributed by atoms with E-state index in [1.165, 1.54) is 10.4 Å². The predicted octanol–water partition coefficient (Wildman–Crippen LogP) is 6.56. The number of rotatable bonds is 5. The molecule has 0 spiro atoms. The van der Waals surface area contributed by atoms with Crippen molar-refractivity contribution in [1.82, 2.24) is 15.3 Å². The van der Waals surface area contributed by atoms with E-state index in [0.717, 1.165) is 47.9 Å². The van der Waals surface area contributed by atoms with Crippen molar-refractivity contribution in [1.29, 1.82) is 0 Å². The highest BCUT2D eigenvalue weighted by Gasteiger charge is 2.27. The molecule has 8 heteroatoms. The van der Waals surface area contributed by atoms with Crippen LogP contribution in [0.15, 0.2) is 69.7 Å². The van der Waals surface area contributed by atoms with Crippen LogP contribution >= 0.6 is 11.3 Å². The number of fused-ring (bicyclic) bond motifs is 1. The van der Waals surface area contributed by atoms with Gasteiger partial charge in [0.25, 0.3) is 11.8 Å². The number of nitrogens with one attached hydrogen (secondary N) is 1. The Morgan fingerprint density at radius 3 is 2.57 bits per heavy atom. The average Bonchev–Trinajstić information content (AvgIpc) is 3.63. The molecule has 0 fully saturated rings. The molecule has 1 amide bonds. The van der Waals surface area contributed by atoms with E-state index in [4.69, 9.17) is 9.05 Å². The van der Waals surface area contributed by atoms with Crippen molar-refractivity contribution < 1.29 is 13.8 Å². The topological polar surface area (TPSA) is 94.1 Å². The number of anilines is 1. The maximum Gasteiger partial charge on any atom is 0.278 e. The summed E-state index contributed by atoms with van der Waals surface area (Å²) in [5, 5.41) is 11.9. The number of nitrogens with zero attached hydrogens (tertiary/aromatic N) is 3. The molecule has 0 saturated heterocycles. The van der Waals surface area contributed by atoms with E-state index in [1.54, 1.807) is 17.4 Å². The van der Waals surface area contributed by atoms with Crippen molar-refractivity contribution in [2.45, 2.75) is 32.6 Å². The van der Waals surface area contributed by atoms with E-state index in [2.05, 4.69) is 20.6 Å². The summed E-state index contributed by atoms with van der Waals surface area (Å²) < 4.78 is 11.1. The zero-order valence-electron chi connectivity index (χ0n) is 19.1. The summed E-state index contributed by atoms with van der Waals surface area (Å²) in [6.07, 6.45) is 4.11. The fourth-order valence-corrected chi connectivity index (χ4v) is 5.59. The Kier molecular flexibility index (Phi) is 5.50. The van der Waals surface area contributed by atoms with Gasteiger partial charge >= 0.3 is 0 Å². The highest BCUT2D eigenvalue weighted by molar-refractivity contribution is 7.17. The molecule has 0 atom stereocenters. The Hall–Kier alpha value is -4.04. The Morgan fingerprint density at radius 2 is 1.74 bits per heavy atom. The zero-order chi connectivity index (χ0) is 23.8. The van der Waals surface area contributed by atoms with E-state index in [0.29, 0.717) is 22.5 Å². The monoisotopic (exact) mass is 482 g/mol. The standard InChI is InChI=1S/C27H22N4O3S/c1-16-11-13-18(14-12-16)24-28-26(34-31-24)23-19-9-5-6-10-22(19)35-27(23)29-25(32)20-15-21(33-30-20)17-7-3-2-4-8-17/h2-4,7-8,11-15H,5-6,9-10H2,1H3,(H,29,32). The number of aromatic nitrogens is 3. The summed E-state index contributed by atoms with van der Waals surface area (Å²) in [6.45, 7) is 2.04. The summed E-state index contributed by atoms with van der Waals surface area (Å²) in [5.74, 6) is 1.15. The molecule has 35 heavy (non-hydrogen) atoms. The Labute approximate surface area is 205 Å². The summed E-state index contributed by atoms with van der Waals surface area (Å²) in [4.78, 5) is 19.1. The average molecular weight is 483 g/mol. The van der Waals surface area contributed by atoms with Gasteiger partial charge in [0, 0.05) is 22.1 Å². The van der Waals surface area contributed by atoms with Gasteiger partial charge in [-0.3, -0.25) is 4.79 Å². The largest absolute Gasteiger partial charge is 0.355 e. The summed E-state index contributed by atoms with van der Waals surface area (Å²) in [6, 6.07) is 19.2. The molecule has 0 bridgehead atoms. The molecular formula is C27H22N4O3S. The minimum absolute atomic E-state index is 0.215. The van der Waals surface area contributed by atoms with Gasteiger partial charge in [-0.1, -0.05) is 70.5 Å². The van der Waals surface area contributed by atoms with E-state index >= 15 is 0 Å². The van der Waals surface area contributed by atoms with Gasteiger partial charge in [0.15, 0.2) is 11.5 Å².